The second-order valence-electron chi connectivity index (χ2n) is 4.13. The van der Waals surface area contributed by atoms with E-state index in [-0.39, 0.29) is 0 Å². The number of aromatic nitrogens is 4. The normalized spacial score (nSPS) is 11.1. The molecule has 0 spiro atoms. The number of imidazole rings is 1. The molecule has 2 aromatic heterocycles. The third-order valence-electron chi connectivity index (χ3n) is 2.51. The smallest absolute Gasteiger partial charge is 0.158 e. The van der Waals surface area contributed by atoms with Crippen LogP contribution in [0.3, 0.4) is 0 Å². The van der Waals surface area contributed by atoms with Crippen molar-refractivity contribution in [3.63, 3.8) is 0 Å². The van der Waals surface area contributed by atoms with Crippen LogP contribution in [0.15, 0.2) is 23.1 Å². The predicted molar refractivity (Wildman–Crippen MR) is 70.7 cm³/mol. The van der Waals surface area contributed by atoms with Crippen LogP contribution in [0, 0.1) is 0 Å². The molecule has 0 amide bonds. The summed E-state index contributed by atoms with van der Waals surface area (Å²) in [4.78, 5) is 13.3. The van der Waals surface area contributed by atoms with Crippen molar-refractivity contribution in [2.24, 2.45) is 0 Å². The van der Waals surface area contributed by atoms with E-state index in [2.05, 4.69) is 56.2 Å². The first-order valence-electron chi connectivity index (χ1n) is 5.67. The number of hydrogen-bond donors (Lipinski definition) is 0. The fraction of sp³-hybridized carbons (Fsp3) is 0.417. The standard InChI is InChI=1S/C12H15BrN4/c1-4-17-6-5-14-12(17)9-7-10(13)16-11(15-9)8(2)3/h5-8H,4H2,1-3H3. The van der Waals surface area contributed by atoms with Crippen LogP contribution in [0.2, 0.25) is 0 Å². The van der Waals surface area contributed by atoms with Crippen molar-refractivity contribution in [2.45, 2.75) is 33.2 Å². The van der Waals surface area contributed by atoms with Crippen molar-refractivity contribution >= 4 is 15.9 Å². The van der Waals surface area contributed by atoms with E-state index >= 15 is 0 Å². The van der Waals surface area contributed by atoms with Crippen molar-refractivity contribution in [3.05, 3.63) is 28.9 Å². The summed E-state index contributed by atoms with van der Waals surface area (Å²) in [6.45, 7) is 7.13. The Morgan fingerprint density at radius 3 is 2.76 bits per heavy atom. The van der Waals surface area contributed by atoms with E-state index in [1.165, 1.54) is 0 Å². The van der Waals surface area contributed by atoms with Crippen LogP contribution in [0.1, 0.15) is 32.5 Å². The van der Waals surface area contributed by atoms with Gasteiger partial charge in [-0.1, -0.05) is 13.8 Å². The van der Waals surface area contributed by atoms with Crippen molar-refractivity contribution < 1.29 is 0 Å². The second kappa shape index (κ2) is 4.96. The summed E-state index contributed by atoms with van der Waals surface area (Å²) in [6.07, 6.45) is 3.75. The summed E-state index contributed by atoms with van der Waals surface area (Å²) in [5.41, 5.74) is 0.863. The topological polar surface area (TPSA) is 43.6 Å². The molecule has 0 aromatic carbocycles. The Morgan fingerprint density at radius 2 is 2.12 bits per heavy atom. The Hall–Kier alpha value is -1.23. The van der Waals surface area contributed by atoms with Crippen LogP contribution in [0.25, 0.3) is 11.5 Å². The lowest BCUT2D eigenvalue weighted by Gasteiger charge is -2.08. The molecular weight excluding hydrogens is 280 g/mol. The number of aryl methyl sites for hydroxylation is 1. The van der Waals surface area contributed by atoms with Crippen molar-refractivity contribution in [2.75, 3.05) is 0 Å². The van der Waals surface area contributed by atoms with Gasteiger partial charge < -0.3 is 4.57 Å². The molecular formula is C12H15BrN4. The van der Waals surface area contributed by atoms with Crippen molar-refractivity contribution in [3.8, 4) is 11.5 Å². The van der Waals surface area contributed by atoms with Gasteiger partial charge in [-0.2, -0.15) is 0 Å². The summed E-state index contributed by atoms with van der Waals surface area (Å²) >= 11 is 3.43. The molecule has 0 radical (unpaired) electrons. The molecule has 0 saturated heterocycles. The van der Waals surface area contributed by atoms with Gasteiger partial charge in [0.1, 0.15) is 16.1 Å². The highest BCUT2D eigenvalue weighted by Gasteiger charge is 2.11. The fourth-order valence-corrected chi connectivity index (χ4v) is 2.00. The minimum Gasteiger partial charge on any atom is -0.330 e. The molecule has 0 unspecified atom stereocenters. The summed E-state index contributed by atoms with van der Waals surface area (Å²) in [6, 6.07) is 1.90. The quantitative estimate of drug-likeness (QED) is 0.816. The minimum atomic E-state index is 0.302. The number of rotatable bonds is 3. The molecule has 2 heterocycles. The third kappa shape index (κ3) is 2.54. The van der Waals surface area contributed by atoms with Crippen LogP contribution >= 0.6 is 15.9 Å². The summed E-state index contributed by atoms with van der Waals surface area (Å²) in [7, 11) is 0. The van der Waals surface area contributed by atoms with E-state index in [0.29, 0.717) is 5.92 Å². The Labute approximate surface area is 109 Å². The van der Waals surface area contributed by atoms with Crippen LogP contribution in [-0.4, -0.2) is 19.5 Å². The van der Waals surface area contributed by atoms with Gasteiger partial charge >= 0.3 is 0 Å². The maximum atomic E-state index is 4.56. The highest BCUT2D eigenvalue weighted by atomic mass is 79.9. The van der Waals surface area contributed by atoms with Crippen molar-refractivity contribution in [1.29, 1.82) is 0 Å². The molecule has 90 valence electrons. The SMILES string of the molecule is CCn1ccnc1-c1cc(Br)nc(C(C)C)n1. The number of hydrogen-bond acceptors (Lipinski definition) is 3. The zero-order chi connectivity index (χ0) is 12.4. The lowest BCUT2D eigenvalue weighted by molar-refractivity contribution is 0.749. The zero-order valence-electron chi connectivity index (χ0n) is 10.2. The van der Waals surface area contributed by atoms with Gasteiger partial charge in [0, 0.05) is 30.9 Å². The summed E-state index contributed by atoms with van der Waals surface area (Å²) in [5, 5.41) is 0. The Bertz CT molecular complexity index is 519. The molecule has 0 fully saturated rings. The molecule has 2 rings (SSSR count). The molecule has 0 atom stereocenters. The highest BCUT2D eigenvalue weighted by molar-refractivity contribution is 9.10. The van der Waals surface area contributed by atoms with Crippen LogP contribution in [0.5, 0.6) is 0 Å². The van der Waals surface area contributed by atoms with Gasteiger partial charge in [0.25, 0.3) is 0 Å². The van der Waals surface area contributed by atoms with Gasteiger partial charge in [0.15, 0.2) is 5.82 Å². The lowest BCUT2D eigenvalue weighted by atomic mass is 10.2. The second-order valence-corrected chi connectivity index (χ2v) is 4.94. The van der Waals surface area contributed by atoms with Gasteiger partial charge in [0.2, 0.25) is 0 Å². The van der Waals surface area contributed by atoms with Gasteiger partial charge in [0.05, 0.1) is 0 Å². The average Bonchev–Trinajstić information content (AvgIpc) is 2.76. The molecule has 0 N–H and O–H groups in total. The maximum Gasteiger partial charge on any atom is 0.158 e. The zero-order valence-corrected chi connectivity index (χ0v) is 11.8. The molecule has 2 aromatic rings. The third-order valence-corrected chi connectivity index (χ3v) is 2.92. The first kappa shape index (κ1) is 12.2. The predicted octanol–water partition coefficient (Wildman–Crippen LogP) is 3.25. The molecule has 0 bridgehead atoms. The molecule has 0 aliphatic rings. The molecule has 17 heavy (non-hydrogen) atoms. The summed E-state index contributed by atoms with van der Waals surface area (Å²) in [5.74, 6) is 2.02. The van der Waals surface area contributed by atoms with E-state index in [1.807, 2.05) is 12.3 Å². The van der Waals surface area contributed by atoms with Gasteiger partial charge in [-0.05, 0) is 22.9 Å². The van der Waals surface area contributed by atoms with Gasteiger partial charge in [-0.15, -0.1) is 0 Å². The van der Waals surface area contributed by atoms with E-state index in [1.54, 1.807) is 6.20 Å². The Kier molecular flexibility index (Phi) is 3.57. The number of nitrogens with zero attached hydrogens (tertiary/aromatic N) is 4. The van der Waals surface area contributed by atoms with Gasteiger partial charge in [-0.25, -0.2) is 15.0 Å². The van der Waals surface area contributed by atoms with Crippen molar-refractivity contribution in [1.82, 2.24) is 19.5 Å². The highest BCUT2D eigenvalue weighted by Crippen LogP contribution is 2.21. The van der Waals surface area contributed by atoms with Crippen LogP contribution in [-0.2, 0) is 6.54 Å². The van der Waals surface area contributed by atoms with E-state index in [4.69, 9.17) is 0 Å². The van der Waals surface area contributed by atoms with E-state index < -0.39 is 0 Å². The van der Waals surface area contributed by atoms with Crippen LogP contribution in [0.4, 0.5) is 0 Å². The molecule has 0 saturated carbocycles. The maximum absolute atomic E-state index is 4.56. The molecule has 0 aliphatic carbocycles. The first-order valence-corrected chi connectivity index (χ1v) is 6.47. The Morgan fingerprint density at radius 1 is 1.35 bits per heavy atom. The minimum absolute atomic E-state index is 0.302. The summed E-state index contributed by atoms with van der Waals surface area (Å²) < 4.78 is 2.87. The largest absolute Gasteiger partial charge is 0.330 e. The van der Waals surface area contributed by atoms with E-state index in [0.717, 1.165) is 28.5 Å². The monoisotopic (exact) mass is 294 g/mol. The number of halogens is 1. The Balaban J connectivity index is 2.52. The van der Waals surface area contributed by atoms with Crippen LogP contribution < -0.4 is 0 Å². The fourth-order valence-electron chi connectivity index (χ4n) is 1.61. The average molecular weight is 295 g/mol. The molecule has 0 aliphatic heterocycles. The lowest BCUT2D eigenvalue weighted by Crippen LogP contribution is -2.03. The van der Waals surface area contributed by atoms with E-state index in [9.17, 15) is 0 Å². The van der Waals surface area contributed by atoms with Gasteiger partial charge in [-0.3, -0.25) is 0 Å². The first-order chi connectivity index (χ1) is 8.11. The molecule has 5 heteroatoms. The molecule has 4 nitrogen and oxygen atoms in total.